The monoisotopic (exact) mass is 820 g/mol. The highest BCUT2D eigenvalue weighted by molar-refractivity contribution is 6.24. The van der Waals surface area contributed by atoms with E-state index >= 15 is 0 Å². The fraction of sp³-hybridized carbons (Fsp3) is 0. The van der Waals surface area contributed by atoms with Gasteiger partial charge in [0, 0.05) is 46.3 Å². The van der Waals surface area contributed by atoms with Gasteiger partial charge < -0.3 is 4.40 Å². The van der Waals surface area contributed by atoms with Crippen molar-refractivity contribution in [1.29, 1.82) is 0 Å². The Morgan fingerprint density at radius 2 is 0.688 bits per heavy atom. The topological polar surface area (TPSA) is 103 Å². The molecule has 0 unspecified atom stereocenters. The van der Waals surface area contributed by atoms with Gasteiger partial charge in [-0.3, -0.25) is 29.1 Å². The van der Waals surface area contributed by atoms with Crippen LogP contribution in [0.5, 0.6) is 0 Å². The molecule has 0 saturated carbocycles. The molecule has 0 fully saturated rings. The fourth-order valence-corrected chi connectivity index (χ4v) is 9.37. The van der Waals surface area contributed by atoms with Crippen LogP contribution in [-0.4, -0.2) is 38.7 Å². The van der Waals surface area contributed by atoms with Crippen molar-refractivity contribution in [3.63, 3.8) is 0 Å². The van der Waals surface area contributed by atoms with Gasteiger partial charge in [0.15, 0.2) is 0 Å². The molecule has 0 radical (unpaired) electrons. The lowest BCUT2D eigenvalue weighted by atomic mass is 9.99. The van der Waals surface area contributed by atoms with E-state index in [1.807, 2.05) is 95.4 Å². The predicted molar refractivity (Wildman–Crippen MR) is 255 cm³/mol. The minimum atomic E-state index is -0.0657. The highest BCUT2D eigenvalue weighted by Gasteiger charge is 2.23. The van der Waals surface area contributed by atoms with E-state index in [4.69, 9.17) is 9.97 Å². The first kappa shape index (κ1) is 35.8. The van der Waals surface area contributed by atoms with Crippen LogP contribution in [0.15, 0.2) is 199 Å². The lowest BCUT2D eigenvalue weighted by Crippen LogP contribution is -2.09. The Hall–Kier alpha value is -8.95. The average molecular weight is 821 g/mol. The number of hydrogen-bond acceptors (Lipinski definition) is 7. The van der Waals surface area contributed by atoms with Crippen molar-refractivity contribution in [2.45, 2.75) is 0 Å². The number of pyridine rings is 6. The fourth-order valence-electron chi connectivity index (χ4n) is 9.37. The molecule has 4 aromatic carbocycles. The minimum Gasteiger partial charge on any atom is -0.306 e. The molecule has 13 rings (SSSR count). The minimum absolute atomic E-state index is 0.0657. The van der Waals surface area contributed by atoms with E-state index in [9.17, 15) is 4.79 Å². The SMILES string of the molecule is O=c1c2ccccc2n2c3ccc(-c4cc(-c5ccccn5)nc(-c5ccccn5)c4)cc3c3ccc4c5cc(-c6cc(-c7ccccn7)nc(-c7ccccn7)c6)ccc5n1c4c32. The molecule has 0 aliphatic heterocycles. The first-order chi connectivity index (χ1) is 31.6. The average Bonchev–Trinajstić information content (AvgIpc) is 3.85. The number of benzene rings is 4. The van der Waals surface area contributed by atoms with E-state index in [0.717, 1.165) is 117 Å². The normalized spacial score (nSPS) is 11.8. The van der Waals surface area contributed by atoms with E-state index in [-0.39, 0.29) is 5.56 Å². The summed E-state index contributed by atoms with van der Waals surface area (Å²) in [7, 11) is 0. The zero-order chi connectivity index (χ0) is 42.3. The molecule has 9 aromatic heterocycles. The van der Waals surface area contributed by atoms with E-state index in [0.29, 0.717) is 5.39 Å². The molecular weight excluding hydrogens is 789 g/mol. The molecule has 13 aromatic rings. The summed E-state index contributed by atoms with van der Waals surface area (Å²) in [5, 5.41) is 4.74. The number of hydrogen-bond donors (Lipinski definition) is 0. The number of rotatable bonds is 6. The Balaban J connectivity index is 1.06. The van der Waals surface area contributed by atoms with Gasteiger partial charge in [-0.05, 0) is 131 Å². The van der Waals surface area contributed by atoms with Crippen molar-refractivity contribution in [3.05, 3.63) is 205 Å². The molecule has 0 saturated heterocycles. The van der Waals surface area contributed by atoms with E-state index in [1.165, 1.54) is 0 Å². The van der Waals surface area contributed by atoms with Crippen LogP contribution in [0.25, 0.3) is 122 Å². The molecule has 9 heteroatoms. The summed E-state index contributed by atoms with van der Waals surface area (Å²) in [6.07, 6.45) is 7.14. The smallest absolute Gasteiger partial charge is 0.265 e. The van der Waals surface area contributed by atoms with Crippen LogP contribution in [0.1, 0.15) is 0 Å². The first-order valence-corrected chi connectivity index (χ1v) is 21.0. The van der Waals surface area contributed by atoms with Crippen molar-refractivity contribution in [3.8, 4) is 67.8 Å². The number of para-hydroxylation sites is 1. The highest BCUT2D eigenvalue weighted by Crippen LogP contribution is 2.42. The molecule has 298 valence electrons. The third-order valence-corrected chi connectivity index (χ3v) is 12.3. The maximum absolute atomic E-state index is 15.0. The van der Waals surface area contributed by atoms with Crippen LogP contribution in [0, 0.1) is 0 Å². The van der Waals surface area contributed by atoms with Crippen LogP contribution >= 0.6 is 0 Å². The van der Waals surface area contributed by atoms with Crippen LogP contribution in [0.4, 0.5) is 0 Å². The summed E-state index contributed by atoms with van der Waals surface area (Å²) < 4.78 is 4.20. The lowest BCUT2D eigenvalue weighted by molar-refractivity contribution is 1.21. The molecule has 0 amide bonds. The second kappa shape index (κ2) is 14.1. The Kier molecular flexibility index (Phi) is 7.85. The van der Waals surface area contributed by atoms with Crippen molar-refractivity contribution in [1.82, 2.24) is 38.7 Å². The van der Waals surface area contributed by atoms with Gasteiger partial charge in [0.2, 0.25) is 0 Å². The number of fused-ring (bicyclic) bond motifs is 8. The Labute approximate surface area is 364 Å². The maximum Gasteiger partial charge on any atom is 0.265 e. The summed E-state index contributed by atoms with van der Waals surface area (Å²) in [5.41, 5.74) is 14.6. The van der Waals surface area contributed by atoms with Gasteiger partial charge in [0.25, 0.3) is 5.56 Å². The highest BCUT2D eigenvalue weighted by atomic mass is 16.1. The largest absolute Gasteiger partial charge is 0.306 e. The van der Waals surface area contributed by atoms with E-state index < -0.39 is 0 Å². The molecule has 0 atom stereocenters. The predicted octanol–water partition coefficient (Wildman–Crippen LogP) is 12.0. The second-order valence-electron chi connectivity index (χ2n) is 15.9. The maximum atomic E-state index is 15.0. The van der Waals surface area contributed by atoms with Gasteiger partial charge in [-0.2, -0.15) is 0 Å². The van der Waals surface area contributed by atoms with Gasteiger partial charge in [-0.15, -0.1) is 0 Å². The zero-order valence-electron chi connectivity index (χ0n) is 34.0. The quantitative estimate of drug-likeness (QED) is 0.164. The molecule has 0 N–H and O–H groups in total. The summed E-state index contributed by atoms with van der Waals surface area (Å²) >= 11 is 0. The summed E-state index contributed by atoms with van der Waals surface area (Å²) in [4.78, 5) is 43.6. The van der Waals surface area contributed by atoms with Crippen LogP contribution in [-0.2, 0) is 0 Å². The van der Waals surface area contributed by atoms with E-state index in [1.54, 1.807) is 24.8 Å². The zero-order valence-corrected chi connectivity index (χ0v) is 34.0. The Bertz CT molecular complexity index is 3910. The Morgan fingerprint density at radius 3 is 1.12 bits per heavy atom. The molecular formula is C55H32N8O. The molecule has 0 aliphatic carbocycles. The molecule has 64 heavy (non-hydrogen) atoms. The van der Waals surface area contributed by atoms with Crippen LogP contribution in [0.2, 0.25) is 0 Å². The first-order valence-electron chi connectivity index (χ1n) is 21.0. The summed E-state index contributed by atoms with van der Waals surface area (Å²) in [6, 6.07) is 57.1. The van der Waals surface area contributed by atoms with Gasteiger partial charge in [-0.1, -0.05) is 60.7 Å². The van der Waals surface area contributed by atoms with Crippen molar-refractivity contribution < 1.29 is 0 Å². The van der Waals surface area contributed by atoms with Crippen LogP contribution in [0.3, 0.4) is 0 Å². The Morgan fingerprint density at radius 1 is 0.297 bits per heavy atom. The van der Waals surface area contributed by atoms with Gasteiger partial charge >= 0.3 is 0 Å². The molecule has 9 heterocycles. The summed E-state index contributed by atoms with van der Waals surface area (Å²) in [5.74, 6) is 0. The summed E-state index contributed by atoms with van der Waals surface area (Å²) in [6.45, 7) is 0. The van der Waals surface area contributed by atoms with Gasteiger partial charge in [0.05, 0.1) is 78.5 Å². The molecule has 9 nitrogen and oxygen atoms in total. The van der Waals surface area contributed by atoms with E-state index in [2.05, 4.69) is 103 Å². The molecule has 0 spiro atoms. The van der Waals surface area contributed by atoms with Crippen molar-refractivity contribution in [2.75, 3.05) is 0 Å². The molecule has 0 aliphatic rings. The van der Waals surface area contributed by atoms with Gasteiger partial charge in [0.1, 0.15) is 0 Å². The third kappa shape index (κ3) is 5.54. The second-order valence-corrected chi connectivity index (χ2v) is 15.9. The third-order valence-electron chi connectivity index (χ3n) is 12.3. The standard InChI is InChI=1S/C55H32N8O/c64-55-39-11-1-2-16-50(39)62-51-21-17-33(35-29-46(42-12-3-7-23-56-42)60-47(30-35)43-13-4-8-24-57-43)27-40(51)37-19-20-38-41-28-34(18-22-52(41)63(55)54(38)53(37)62)36-31-48(44-14-5-9-25-58-44)61-49(32-36)45-15-6-10-26-59-45/h1-32H. The molecule has 0 bridgehead atoms. The van der Waals surface area contributed by atoms with Gasteiger partial charge in [-0.25, -0.2) is 9.97 Å². The lowest BCUT2D eigenvalue weighted by Gasteiger charge is -2.10. The van der Waals surface area contributed by atoms with Crippen LogP contribution < -0.4 is 5.56 Å². The number of nitrogens with zero attached hydrogens (tertiary/aromatic N) is 8. The number of aromatic nitrogens is 8. The van der Waals surface area contributed by atoms with Crippen molar-refractivity contribution >= 4 is 54.5 Å². The van der Waals surface area contributed by atoms with Crippen molar-refractivity contribution in [2.24, 2.45) is 0 Å².